The fourth-order valence-corrected chi connectivity index (χ4v) is 3.95. The number of benzene rings is 2. The van der Waals surface area contributed by atoms with Gasteiger partial charge in [-0.05, 0) is 42.6 Å². The highest BCUT2D eigenvalue weighted by molar-refractivity contribution is 7.10. The Bertz CT molecular complexity index is 1280. The van der Waals surface area contributed by atoms with E-state index < -0.39 is 5.91 Å². The summed E-state index contributed by atoms with van der Waals surface area (Å²) in [4.78, 5) is 41.1. The van der Waals surface area contributed by atoms with Gasteiger partial charge >= 0.3 is 0 Å². The summed E-state index contributed by atoms with van der Waals surface area (Å²) in [5.41, 5.74) is 1.42. The van der Waals surface area contributed by atoms with Crippen molar-refractivity contribution in [2.45, 2.75) is 13.0 Å². The molecule has 4 aromatic rings. The number of pyridine rings is 1. The summed E-state index contributed by atoms with van der Waals surface area (Å²) in [6, 6.07) is 18.9. The molecule has 2 heterocycles. The van der Waals surface area contributed by atoms with Crippen molar-refractivity contribution >= 4 is 39.7 Å². The van der Waals surface area contributed by atoms with E-state index in [9.17, 15) is 14.4 Å². The molecule has 2 amide bonds. The lowest BCUT2D eigenvalue weighted by Crippen LogP contribution is -2.26. The number of hydrogen-bond donors (Lipinski definition) is 3. The molecule has 0 spiro atoms. The molecule has 30 heavy (non-hydrogen) atoms. The van der Waals surface area contributed by atoms with Crippen LogP contribution in [-0.4, -0.2) is 16.8 Å². The molecule has 0 aliphatic carbocycles. The van der Waals surface area contributed by atoms with Gasteiger partial charge in [0.15, 0.2) is 0 Å². The van der Waals surface area contributed by atoms with Crippen LogP contribution in [0, 0.1) is 0 Å². The molecule has 0 aliphatic heterocycles. The van der Waals surface area contributed by atoms with Crippen molar-refractivity contribution in [2.24, 2.45) is 0 Å². The molecule has 2 aromatic carbocycles. The number of nitrogens with one attached hydrogen (secondary N) is 3. The molecule has 2 aromatic heterocycles. The number of para-hydroxylation sites is 1. The van der Waals surface area contributed by atoms with Gasteiger partial charge in [-0.1, -0.05) is 30.3 Å². The quantitative estimate of drug-likeness (QED) is 0.451. The van der Waals surface area contributed by atoms with Crippen LogP contribution in [0.3, 0.4) is 0 Å². The third kappa shape index (κ3) is 4.16. The third-order valence-electron chi connectivity index (χ3n) is 4.70. The Hall–Kier alpha value is -3.71. The molecular formula is C23H19N3O3S. The van der Waals surface area contributed by atoms with Crippen molar-refractivity contribution in [2.75, 3.05) is 5.32 Å². The molecular weight excluding hydrogens is 398 g/mol. The van der Waals surface area contributed by atoms with Crippen LogP contribution in [0.15, 0.2) is 76.9 Å². The van der Waals surface area contributed by atoms with Gasteiger partial charge in [-0.25, -0.2) is 0 Å². The zero-order valence-corrected chi connectivity index (χ0v) is 17.0. The first kappa shape index (κ1) is 19.6. The molecule has 0 saturated carbocycles. The van der Waals surface area contributed by atoms with Gasteiger partial charge < -0.3 is 15.6 Å². The van der Waals surface area contributed by atoms with E-state index in [0.717, 1.165) is 4.88 Å². The molecule has 150 valence electrons. The summed E-state index contributed by atoms with van der Waals surface area (Å²) in [6.45, 7) is 1.92. The molecule has 0 bridgehead atoms. The molecule has 3 N–H and O–H groups in total. The summed E-state index contributed by atoms with van der Waals surface area (Å²) in [7, 11) is 0. The summed E-state index contributed by atoms with van der Waals surface area (Å²) in [5, 5.41) is 8.35. The number of anilines is 1. The molecule has 0 radical (unpaired) electrons. The Morgan fingerprint density at radius 3 is 2.60 bits per heavy atom. The minimum absolute atomic E-state index is 0.113. The Morgan fingerprint density at radius 2 is 1.80 bits per heavy atom. The standard InChI is InChI=1S/C23H19N3O3S/c1-14(20-10-5-11-30-20)24-22(28)15-6-4-7-16(12-15)25-23(29)18-13-21(27)26-19-9-3-2-8-17(18)19/h2-14H,1H3,(H,24,28)(H,25,29)(H,26,27)/t14-/m1/s1. The first-order chi connectivity index (χ1) is 14.5. The van der Waals surface area contributed by atoms with Gasteiger partial charge in [-0.3, -0.25) is 14.4 Å². The molecule has 0 unspecified atom stereocenters. The van der Waals surface area contributed by atoms with Gasteiger partial charge in [0, 0.05) is 33.1 Å². The lowest BCUT2D eigenvalue weighted by molar-refractivity contribution is 0.0939. The highest BCUT2D eigenvalue weighted by Gasteiger charge is 2.15. The normalized spacial score (nSPS) is 11.8. The van der Waals surface area contributed by atoms with Gasteiger partial charge in [0.1, 0.15) is 0 Å². The highest BCUT2D eigenvalue weighted by Crippen LogP contribution is 2.20. The SMILES string of the molecule is C[C@@H](NC(=O)c1cccc(NC(=O)c2cc(=O)[nH]c3ccccc23)c1)c1cccs1. The molecule has 0 saturated heterocycles. The van der Waals surface area contributed by atoms with Gasteiger partial charge in [0.2, 0.25) is 5.56 Å². The number of amides is 2. The van der Waals surface area contributed by atoms with E-state index in [1.807, 2.05) is 24.4 Å². The Morgan fingerprint density at radius 1 is 0.967 bits per heavy atom. The maximum absolute atomic E-state index is 12.8. The van der Waals surface area contributed by atoms with Crippen molar-refractivity contribution in [1.29, 1.82) is 0 Å². The second-order valence-corrected chi connectivity index (χ2v) is 7.82. The minimum atomic E-state index is -0.415. The van der Waals surface area contributed by atoms with Gasteiger partial charge in [0.05, 0.1) is 11.6 Å². The summed E-state index contributed by atoms with van der Waals surface area (Å²) < 4.78 is 0. The van der Waals surface area contributed by atoms with E-state index in [1.54, 1.807) is 59.9 Å². The van der Waals surface area contributed by atoms with Gasteiger partial charge in [0.25, 0.3) is 11.8 Å². The van der Waals surface area contributed by atoms with Crippen LogP contribution in [0.25, 0.3) is 10.9 Å². The smallest absolute Gasteiger partial charge is 0.256 e. The Balaban J connectivity index is 1.54. The number of fused-ring (bicyclic) bond motifs is 1. The van der Waals surface area contributed by atoms with Crippen LogP contribution in [0.1, 0.15) is 38.6 Å². The van der Waals surface area contributed by atoms with E-state index >= 15 is 0 Å². The molecule has 1 atom stereocenters. The average molecular weight is 417 g/mol. The average Bonchev–Trinajstić information content (AvgIpc) is 3.28. The summed E-state index contributed by atoms with van der Waals surface area (Å²) >= 11 is 1.58. The van der Waals surface area contributed by atoms with Crippen molar-refractivity contribution in [3.05, 3.63) is 98.5 Å². The lowest BCUT2D eigenvalue weighted by atomic mass is 10.1. The monoisotopic (exact) mass is 417 g/mol. The number of carbonyl (C=O) groups is 2. The number of thiophene rings is 1. The minimum Gasteiger partial charge on any atom is -0.345 e. The largest absolute Gasteiger partial charge is 0.345 e. The van der Waals surface area contributed by atoms with Crippen LogP contribution in [0.5, 0.6) is 0 Å². The van der Waals surface area contributed by atoms with Crippen LogP contribution in [0.2, 0.25) is 0 Å². The fourth-order valence-electron chi connectivity index (χ4n) is 3.22. The number of H-pyrrole nitrogens is 1. The number of rotatable bonds is 5. The Labute approximate surface area is 176 Å². The van der Waals surface area contributed by atoms with Gasteiger partial charge in [-0.2, -0.15) is 0 Å². The number of aromatic amines is 1. The molecule has 0 fully saturated rings. The van der Waals surface area contributed by atoms with E-state index in [1.165, 1.54) is 6.07 Å². The molecule has 6 nitrogen and oxygen atoms in total. The predicted octanol–water partition coefficient (Wildman–Crippen LogP) is 4.33. The van der Waals surface area contributed by atoms with E-state index in [4.69, 9.17) is 0 Å². The first-order valence-corrected chi connectivity index (χ1v) is 10.3. The lowest BCUT2D eigenvalue weighted by Gasteiger charge is -2.13. The Kier molecular flexibility index (Phi) is 5.45. The zero-order chi connectivity index (χ0) is 21.1. The summed E-state index contributed by atoms with van der Waals surface area (Å²) in [6.07, 6.45) is 0. The van der Waals surface area contributed by atoms with Gasteiger partial charge in [-0.15, -0.1) is 11.3 Å². The first-order valence-electron chi connectivity index (χ1n) is 9.39. The maximum atomic E-state index is 12.8. The van der Waals surface area contributed by atoms with E-state index in [0.29, 0.717) is 22.2 Å². The predicted molar refractivity (Wildman–Crippen MR) is 119 cm³/mol. The second-order valence-electron chi connectivity index (χ2n) is 6.84. The topological polar surface area (TPSA) is 91.1 Å². The number of hydrogen-bond acceptors (Lipinski definition) is 4. The number of aromatic nitrogens is 1. The van der Waals surface area contributed by atoms with Crippen molar-refractivity contribution < 1.29 is 9.59 Å². The van der Waals surface area contributed by atoms with Crippen LogP contribution >= 0.6 is 11.3 Å². The van der Waals surface area contributed by atoms with Crippen molar-refractivity contribution in [3.8, 4) is 0 Å². The zero-order valence-electron chi connectivity index (χ0n) is 16.1. The van der Waals surface area contributed by atoms with Crippen molar-refractivity contribution in [1.82, 2.24) is 10.3 Å². The van der Waals surface area contributed by atoms with Crippen molar-refractivity contribution in [3.63, 3.8) is 0 Å². The van der Waals surface area contributed by atoms with Crippen LogP contribution in [-0.2, 0) is 0 Å². The van der Waals surface area contributed by atoms with Crippen LogP contribution in [0.4, 0.5) is 5.69 Å². The highest BCUT2D eigenvalue weighted by atomic mass is 32.1. The fraction of sp³-hybridized carbons (Fsp3) is 0.0870. The third-order valence-corrected chi connectivity index (χ3v) is 5.75. The molecule has 0 aliphatic rings. The van der Waals surface area contributed by atoms with E-state index in [2.05, 4.69) is 15.6 Å². The van der Waals surface area contributed by atoms with E-state index in [-0.39, 0.29) is 23.1 Å². The maximum Gasteiger partial charge on any atom is 0.256 e. The van der Waals surface area contributed by atoms with Crippen LogP contribution < -0.4 is 16.2 Å². The summed E-state index contributed by atoms with van der Waals surface area (Å²) in [5.74, 6) is -0.643. The number of carbonyl (C=O) groups excluding carboxylic acids is 2. The molecule has 4 rings (SSSR count). The second kappa shape index (κ2) is 8.34. The molecule has 7 heteroatoms.